The Labute approximate surface area is 149 Å². The van der Waals surface area contributed by atoms with E-state index in [0.717, 1.165) is 17.5 Å². The molecular weight excluding hydrogens is 358 g/mol. The summed E-state index contributed by atoms with van der Waals surface area (Å²) >= 11 is 1.40. The van der Waals surface area contributed by atoms with Gasteiger partial charge in [0, 0.05) is 22.8 Å². The molecule has 3 aromatic rings. The summed E-state index contributed by atoms with van der Waals surface area (Å²) in [6, 6.07) is 13.8. The van der Waals surface area contributed by atoms with Crippen LogP contribution in [0, 0.1) is 0 Å². The summed E-state index contributed by atoms with van der Waals surface area (Å²) < 4.78 is 23.2. The third kappa shape index (κ3) is 4.23. The van der Waals surface area contributed by atoms with Crippen LogP contribution in [0.2, 0.25) is 0 Å². The van der Waals surface area contributed by atoms with Crippen LogP contribution in [0.4, 0.5) is 5.13 Å². The number of hydrazone groups is 1. The molecule has 128 valence electrons. The number of nitrogens with zero attached hydrogens (tertiary/aromatic N) is 2. The molecule has 0 bridgehead atoms. The second-order valence-corrected chi connectivity index (χ2v) is 8.14. The molecule has 0 spiro atoms. The molecule has 0 radical (unpaired) electrons. The van der Waals surface area contributed by atoms with Crippen molar-refractivity contribution in [2.45, 2.75) is 4.90 Å². The molecule has 0 aliphatic heterocycles. The van der Waals surface area contributed by atoms with Crippen LogP contribution in [0.3, 0.4) is 0 Å². The SMILES string of the molecule is CS(=O)(=O)c1ccc(O)c(C=NNc2nc(-c3ccccc3)cs2)c1. The molecule has 1 aromatic heterocycles. The molecule has 25 heavy (non-hydrogen) atoms. The molecule has 0 saturated heterocycles. The van der Waals surface area contributed by atoms with Crippen LogP contribution in [0.15, 0.2) is 63.9 Å². The van der Waals surface area contributed by atoms with Crippen molar-refractivity contribution in [3.63, 3.8) is 0 Å². The average molecular weight is 373 g/mol. The van der Waals surface area contributed by atoms with Crippen molar-refractivity contribution in [2.24, 2.45) is 5.10 Å². The first-order valence-electron chi connectivity index (χ1n) is 7.26. The Morgan fingerprint density at radius 1 is 1.20 bits per heavy atom. The van der Waals surface area contributed by atoms with Crippen molar-refractivity contribution in [1.82, 2.24) is 4.98 Å². The van der Waals surface area contributed by atoms with Crippen LogP contribution in [0.25, 0.3) is 11.3 Å². The second-order valence-electron chi connectivity index (χ2n) is 5.27. The van der Waals surface area contributed by atoms with Crippen LogP contribution < -0.4 is 5.43 Å². The number of aromatic nitrogens is 1. The maximum absolute atomic E-state index is 11.6. The summed E-state index contributed by atoms with van der Waals surface area (Å²) in [6.45, 7) is 0. The van der Waals surface area contributed by atoms with E-state index in [0.29, 0.717) is 10.7 Å². The van der Waals surface area contributed by atoms with Crippen molar-refractivity contribution in [3.05, 3.63) is 59.5 Å². The zero-order valence-electron chi connectivity index (χ0n) is 13.2. The highest BCUT2D eigenvalue weighted by Crippen LogP contribution is 2.25. The van der Waals surface area contributed by atoms with Gasteiger partial charge in [-0.1, -0.05) is 30.3 Å². The number of phenols is 1. The Morgan fingerprint density at radius 3 is 2.68 bits per heavy atom. The maximum Gasteiger partial charge on any atom is 0.203 e. The first-order chi connectivity index (χ1) is 11.9. The Kier molecular flexibility index (Phi) is 4.82. The quantitative estimate of drug-likeness (QED) is 0.528. The maximum atomic E-state index is 11.6. The smallest absolute Gasteiger partial charge is 0.203 e. The van der Waals surface area contributed by atoms with Gasteiger partial charge in [-0.2, -0.15) is 5.10 Å². The van der Waals surface area contributed by atoms with Gasteiger partial charge in [-0.3, -0.25) is 5.43 Å². The number of thiazole rings is 1. The molecule has 8 heteroatoms. The fraction of sp³-hybridized carbons (Fsp3) is 0.0588. The Bertz CT molecular complexity index is 1010. The highest BCUT2D eigenvalue weighted by atomic mass is 32.2. The van der Waals surface area contributed by atoms with E-state index in [9.17, 15) is 13.5 Å². The van der Waals surface area contributed by atoms with E-state index in [2.05, 4.69) is 15.5 Å². The lowest BCUT2D eigenvalue weighted by molar-refractivity contribution is 0.474. The van der Waals surface area contributed by atoms with Gasteiger partial charge in [0.25, 0.3) is 0 Å². The summed E-state index contributed by atoms with van der Waals surface area (Å²) in [5, 5.41) is 16.3. The summed E-state index contributed by atoms with van der Waals surface area (Å²) in [5.41, 5.74) is 4.93. The summed E-state index contributed by atoms with van der Waals surface area (Å²) in [4.78, 5) is 4.54. The van der Waals surface area contributed by atoms with E-state index < -0.39 is 9.84 Å². The van der Waals surface area contributed by atoms with Gasteiger partial charge in [-0.25, -0.2) is 13.4 Å². The molecule has 0 saturated carbocycles. The number of sulfone groups is 1. The Balaban J connectivity index is 1.75. The predicted octanol–water partition coefficient (Wildman–Crippen LogP) is 3.37. The van der Waals surface area contributed by atoms with Crippen LogP contribution >= 0.6 is 11.3 Å². The van der Waals surface area contributed by atoms with E-state index in [4.69, 9.17) is 0 Å². The zero-order valence-corrected chi connectivity index (χ0v) is 14.9. The number of rotatable bonds is 5. The molecule has 3 rings (SSSR count). The molecular formula is C17H15N3O3S2. The van der Waals surface area contributed by atoms with Gasteiger partial charge in [0.1, 0.15) is 5.75 Å². The van der Waals surface area contributed by atoms with Crippen molar-refractivity contribution in [2.75, 3.05) is 11.7 Å². The molecule has 0 amide bonds. The first-order valence-corrected chi connectivity index (χ1v) is 10.0. The molecule has 6 nitrogen and oxygen atoms in total. The van der Waals surface area contributed by atoms with Crippen LogP contribution in [0.1, 0.15) is 5.56 Å². The third-order valence-corrected chi connectivity index (χ3v) is 5.22. The Hall–Kier alpha value is -2.71. The average Bonchev–Trinajstić information content (AvgIpc) is 3.05. The van der Waals surface area contributed by atoms with Gasteiger partial charge in [-0.15, -0.1) is 11.3 Å². The van der Waals surface area contributed by atoms with Crippen LogP contribution in [0.5, 0.6) is 5.75 Å². The minimum absolute atomic E-state index is 0.0536. The summed E-state index contributed by atoms with van der Waals surface area (Å²) in [7, 11) is -3.35. The van der Waals surface area contributed by atoms with E-state index in [1.165, 1.54) is 35.8 Å². The molecule has 0 unspecified atom stereocenters. The minimum Gasteiger partial charge on any atom is -0.507 e. The largest absolute Gasteiger partial charge is 0.507 e. The van der Waals surface area contributed by atoms with E-state index in [1.807, 2.05) is 35.7 Å². The highest BCUT2D eigenvalue weighted by Gasteiger charge is 2.09. The van der Waals surface area contributed by atoms with Crippen molar-refractivity contribution < 1.29 is 13.5 Å². The molecule has 0 aliphatic carbocycles. The minimum atomic E-state index is -3.35. The standard InChI is InChI=1S/C17H15N3O3S2/c1-25(22,23)14-7-8-16(21)13(9-14)10-18-20-17-19-15(11-24-17)12-5-3-2-4-6-12/h2-11,21H,1H3,(H,19,20). The van der Waals surface area contributed by atoms with Crippen LogP contribution in [-0.2, 0) is 9.84 Å². The van der Waals surface area contributed by atoms with Gasteiger partial charge in [0.15, 0.2) is 9.84 Å². The normalized spacial score (nSPS) is 11.7. The highest BCUT2D eigenvalue weighted by molar-refractivity contribution is 7.90. The van der Waals surface area contributed by atoms with Gasteiger partial charge >= 0.3 is 0 Å². The van der Waals surface area contributed by atoms with Gasteiger partial charge in [-0.05, 0) is 18.2 Å². The molecule has 0 fully saturated rings. The monoisotopic (exact) mass is 373 g/mol. The number of aromatic hydroxyl groups is 1. The Morgan fingerprint density at radius 2 is 1.96 bits per heavy atom. The number of anilines is 1. The number of hydrogen-bond acceptors (Lipinski definition) is 7. The fourth-order valence-corrected chi connectivity index (χ4v) is 3.42. The summed E-state index contributed by atoms with van der Waals surface area (Å²) in [5.74, 6) is -0.0536. The molecule has 2 aromatic carbocycles. The molecule has 2 N–H and O–H groups in total. The number of benzene rings is 2. The molecule has 1 heterocycles. The number of phenolic OH excluding ortho intramolecular Hbond substituents is 1. The fourth-order valence-electron chi connectivity index (χ4n) is 2.09. The third-order valence-electron chi connectivity index (χ3n) is 3.36. The van der Waals surface area contributed by atoms with Crippen molar-refractivity contribution >= 4 is 32.5 Å². The molecule has 0 aliphatic rings. The van der Waals surface area contributed by atoms with Crippen molar-refractivity contribution in [3.8, 4) is 17.0 Å². The van der Waals surface area contributed by atoms with Gasteiger partial charge in [0.05, 0.1) is 16.8 Å². The zero-order chi connectivity index (χ0) is 17.9. The van der Waals surface area contributed by atoms with E-state index >= 15 is 0 Å². The second kappa shape index (κ2) is 7.04. The van der Waals surface area contributed by atoms with Crippen LogP contribution in [-0.4, -0.2) is 31.0 Å². The lowest BCUT2D eigenvalue weighted by Gasteiger charge is -2.02. The first kappa shape index (κ1) is 17.1. The number of nitrogens with one attached hydrogen (secondary N) is 1. The van der Waals surface area contributed by atoms with E-state index in [1.54, 1.807) is 0 Å². The lowest BCUT2D eigenvalue weighted by atomic mass is 10.2. The van der Waals surface area contributed by atoms with Gasteiger partial charge < -0.3 is 5.11 Å². The van der Waals surface area contributed by atoms with E-state index in [-0.39, 0.29) is 10.6 Å². The number of hydrogen-bond donors (Lipinski definition) is 2. The summed E-state index contributed by atoms with van der Waals surface area (Å²) in [6.07, 6.45) is 2.47. The molecule has 0 atom stereocenters. The lowest BCUT2D eigenvalue weighted by Crippen LogP contribution is -1.98. The topological polar surface area (TPSA) is 91.7 Å². The van der Waals surface area contributed by atoms with Crippen molar-refractivity contribution in [1.29, 1.82) is 0 Å². The van der Waals surface area contributed by atoms with Gasteiger partial charge in [0.2, 0.25) is 5.13 Å². The predicted molar refractivity (Wildman–Crippen MR) is 100.0 cm³/mol.